The number of rotatable bonds is 7. The minimum Gasteiger partial charge on any atom is -0.482 e. The molecule has 0 heterocycles. The number of amides is 1. The first-order valence-corrected chi connectivity index (χ1v) is 9.07. The van der Waals surface area contributed by atoms with Crippen molar-refractivity contribution in [3.8, 4) is 5.75 Å². The number of ether oxygens (including phenoxy) is 2. The van der Waals surface area contributed by atoms with Gasteiger partial charge in [0.15, 0.2) is 13.2 Å². The Labute approximate surface area is 152 Å². The number of benzene rings is 2. The Balaban J connectivity index is 1.76. The molecule has 0 aliphatic rings. The molecule has 0 aromatic heterocycles. The van der Waals surface area contributed by atoms with Crippen molar-refractivity contribution in [2.24, 2.45) is 0 Å². The lowest BCUT2D eigenvalue weighted by molar-refractivity contribution is -0.149. The number of carbonyl (C=O) groups is 2. The molecular weight excluding hydrogens is 394 g/mol. The van der Waals surface area contributed by atoms with Crippen LogP contribution in [0.4, 0.5) is 5.69 Å². The smallest absolute Gasteiger partial charge is 0.344 e. The summed E-state index contributed by atoms with van der Waals surface area (Å²) in [7, 11) is 0. The third kappa shape index (κ3) is 5.90. The van der Waals surface area contributed by atoms with Gasteiger partial charge >= 0.3 is 5.97 Å². The van der Waals surface area contributed by atoms with E-state index >= 15 is 0 Å². The third-order valence-electron chi connectivity index (χ3n) is 2.90. The predicted octanol–water partition coefficient (Wildman–Crippen LogP) is 3.73. The summed E-state index contributed by atoms with van der Waals surface area (Å²) < 4.78 is 11.1. The van der Waals surface area contributed by atoms with Crippen LogP contribution in [-0.4, -0.2) is 31.3 Å². The highest BCUT2D eigenvalue weighted by Crippen LogP contribution is 2.24. The van der Waals surface area contributed by atoms with E-state index in [4.69, 9.17) is 9.47 Å². The summed E-state index contributed by atoms with van der Waals surface area (Å²) >= 11 is 4.83. The van der Waals surface area contributed by atoms with Crippen LogP contribution in [0.3, 0.4) is 0 Å². The van der Waals surface area contributed by atoms with Crippen molar-refractivity contribution in [2.45, 2.75) is 4.90 Å². The van der Waals surface area contributed by atoms with Gasteiger partial charge in [-0.1, -0.05) is 34.1 Å². The fourth-order valence-electron chi connectivity index (χ4n) is 1.82. The highest BCUT2D eigenvalue weighted by molar-refractivity contribution is 9.10. The maximum Gasteiger partial charge on any atom is 0.344 e. The van der Waals surface area contributed by atoms with Gasteiger partial charge in [-0.15, -0.1) is 11.8 Å². The molecule has 2 aromatic rings. The molecule has 0 radical (unpaired) electrons. The van der Waals surface area contributed by atoms with E-state index in [2.05, 4.69) is 21.2 Å². The van der Waals surface area contributed by atoms with Gasteiger partial charge in [0, 0.05) is 9.37 Å². The molecule has 0 aliphatic carbocycles. The SMILES string of the molecule is CSc1ccccc1NC(=O)COC(=O)COc1cccc(Br)c1. The molecule has 0 aliphatic heterocycles. The van der Waals surface area contributed by atoms with Crippen LogP contribution in [0.15, 0.2) is 57.9 Å². The standard InChI is InChI=1S/C17H16BrNO4S/c1-24-15-8-3-2-7-14(15)19-16(20)10-23-17(21)11-22-13-6-4-5-12(18)9-13/h2-9H,10-11H2,1H3,(H,19,20). The van der Waals surface area contributed by atoms with Gasteiger partial charge in [-0.2, -0.15) is 0 Å². The van der Waals surface area contributed by atoms with Crippen LogP contribution in [0.1, 0.15) is 0 Å². The molecule has 0 unspecified atom stereocenters. The molecule has 0 fully saturated rings. The first kappa shape index (κ1) is 18.4. The quantitative estimate of drug-likeness (QED) is 0.557. The number of halogens is 1. The Morgan fingerprint density at radius 2 is 1.92 bits per heavy atom. The zero-order valence-corrected chi connectivity index (χ0v) is 15.4. The third-order valence-corrected chi connectivity index (χ3v) is 4.19. The van der Waals surface area contributed by atoms with E-state index in [9.17, 15) is 9.59 Å². The van der Waals surface area contributed by atoms with Crippen molar-refractivity contribution in [3.05, 3.63) is 53.0 Å². The lowest BCUT2D eigenvalue weighted by Gasteiger charge is -2.10. The average molecular weight is 410 g/mol. The maximum atomic E-state index is 11.9. The van der Waals surface area contributed by atoms with Gasteiger partial charge in [0.1, 0.15) is 5.75 Å². The second kappa shape index (κ2) is 9.34. The summed E-state index contributed by atoms with van der Waals surface area (Å²) in [6.45, 7) is -0.617. The molecule has 7 heteroatoms. The monoisotopic (exact) mass is 409 g/mol. The minimum atomic E-state index is -0.608. The van der Waals surface area contributed by atoms with E-state index in [1.165, 1.54) is 11.8 Å². The number of hydrogen-bond donors (Lipinski definition) is 1. The Morgan fingerprint density at radius 3 is 2.67 bits per heavy atom. The zero-order valence-electron chi connectivity index (χ0n) is 13.0. The van der Waals surface area contributed by atoms with Crippen LogP contribution in [-0.2, 0) is 14.3 Å². The van der Waals surface area contributed by atoms with Crippen molar-refractivity contribution < 1.29 is 19.1 Å². The first-order valence-electron chi connectivity index (χ1n) is 7.05. The Morgan fingerprint density at radius 1 is 1.12 bits per heavy atom. The lowest BCUT2D eigenvalue weighted by atomic mass is 10.3. The van der Waals surface area contributed by atoms with E-state index < -0.39 is 11.9 Å². The maximum absolute atomic E-state index is 11.9. The van der Waals surface area contributed by atoms with Crippen molar-refractivity contribution in [1.29, 1.82) is 0 Å². The Bertz CT molecular complexity index is 723. The number of anilines is 1. The minimum absolute atomic E-state index is 0.259. The van der Waals surface area contributed by atoms with Gasteiger partial charge in [-0.05, 0) is 36.6 Å². The van der Waals surface area contributed by atoms with Crippen LogP contribution in [0, 0.1) is 0 Å². The van der Waals surface area contributed by atoms with Gasteiger partial charge in [0.2, 0.25) is 0 Å². The van der Waals surface area contributed by atoms with Crippen molar-refractivity contribution >= 4 is 45.3 Å². The molecule has 2 rings (SSSR count). The number of para-hydroxylation sites is 1. The highest BCUT2D eigenvalue weighted by atomic mass is 79.9. The normalized spacial score (nSPS) is 10.1. The molecule has 0 saturated carbocycles. The van der Waals surface area contributed by atoms with Crippen LogP contribution in [0.2, 0.25) is 0 Å². The Kier molecular flexibility index (Phi) is 7.14. The summed E-state index contributed by atoms with van der Waals surface area (Å²) in [5, 5.41) is 2.71. The highest BCUT2D eigenvalue weighted by Gasteiger charge is 2.10. The molecule has 0 spiro atoms. The molecular formula is C17H16BrNO4S. The number of nitrogens with one attached hydrogen (secondary N) is 1. The van der Waals surface area contributed by atoms with Crippen molar-refractivity contribution in [3.63, 3.8) is 0 Å². The molecule has 24 heavy (non-hydrogen) atoms. The van der Waals surface area contributed by atoms with E-state index in [1.54, 1.807) is 24.3 Å². The molecule has 2 aromatic carbocycles. The number of carbonyl (C=O) groups excluding carboxylic acids is 2. The second-order valence-corrected chi connectivity index (χ2v) is 6.42. The number of hydrogen-bond acceptors (Lipinski definition) is 5. The molecule has 0 saturated heterocycles. The average Bonchev–Trinajstić information content (AvgIpc) is 2.58. The van der Waals surface area contributed by atoms with Crippen LogP contribution < -0.4 is 10.1 Å². The van der Waals surface area contributed by atoms with Gasteiger partial charge < -0.3 is 14.8 Å². The lowest BCUT2D eigenvalue weighted by Crippen LogP contribution is -2.23. The summed E-state index contributed by atoms with van der Waals surface area (Å²) in [5.41, 5.74) is 0.691. The summed E-state index contributed by atoms with van der Waals surface area (Å²) in [4.78, 5) is 24.4. The Hall–Kier alpha value is -1.99. The summed E-state index contributed by atoms with van der Waals surface area (Å²) in [6, 6.07) is 14.5. The van der Waals surface area contributed by atoms with Crippen molar-refractivity contribution in [2.75, 3.05) is 24.8 Å². The summed E-state index contributed by atoms with van der Waals surface area (Å²) in [6.07, 6.45) is 1.92. The topological polar surface area (TPSA) is 64.6 Å². The zero-order chi connectivity index (χ0) is 17.4. The first-order chi connectivity index (χ1) is 11.6. The van der Waals surface area contributed by atoms with Gasteiger partial charge in [-0.3, -0.25) is 4.79 Å². The van der Waals surface area contributed by atoms with E-state index in [1.807, 2.05) is 30.5 Å². The molecule has 0 atom stereocenters. The van der Waals surface area contributed by atoms with E-state index in [0.29, 0.717) is 11.4 Å². The fraction of sp³-hybridized carbons (Fsp3) is 0.176. The van der Waals surface area contributed by atoms with Crippen LogP contribution in [0.25, 0.3) is 0 Å². The number of esters is 1. The summed E-state index contributed by atoms with van der Waals surface area (Å²) in [5.74, 6) is -0.463. The molecule has 5 nitrogen and oxygen atoms in total. The largest absolute Gasteiger partial charge is 0.482 e. The van der Waals surface area contributed by atoms with E-state index in [-0.39, 0.29) is 13.2 Å². The molecule has 1 amide bonds. The van der Waals surface area contributed by atoms with E-state index in [0.717, 1.165) is 9.37 Å². The van der Waals surface area contributed by atoms with Gasteiger partial charge in [-0.25, -0.2) is 4.79 Å². The van der Waals surface area contributed by atoms with Gasteiger partial charge in [0.05, 0.1) is 5.69 Å². The molecule has 1 N–H and O–H groups in total. The van der Waals surface area contributed by atoms with Crippen LogP contribution in [0.5, 0.6) is 5.75 Å². The molecule has 126 valence electrons. The van der Waals surface area contributed by atoms with Crippen LogP contribution >= 0.6 is 27.7 Å². The fourth-order valence-corrected chi connectivity index (χ4v) is 2.75. The molecule has 0 bridgehead atoms. The number of thioether (sulfide) groups is 1. The second-order valence-electron chi connectivity index (χ2n) is 4.66. The predicted molar refractivity (Wildman–Crippen MR) is 97.4 cm³/mol. The van der Waals surface area contributed by atoms with Gasteiger partial charge in [0.25, 0.3) is 5.91 Å². The van der Waals surface area contributed by atoms with Crippen molar-refractivity contribution in [1.82, 2.24) is 0 Å².